The van der Waals surface area contributed by atoms with E-state index in [1.807, 2.05) is 0 Å². The molecule has 5 rings (SSSR count). The molecule has 35 heteroatoms. The summed E-state index contributed by atoms with van der Waals surface area (Å²) in [6.07, 6.45) is -6.33. The van der Waals surface area contributed by atoms with Crippen molar-refractivity contribution < 1.29 is 107 Å². The Morgan fingerprint density at radius 2 is 0.877 bits per heavy atom. The number of carbonyl (C=O) groups excluding carboxylic acids is 13. The van der Waals surface area contributed by atoms with Gasteiger partial charge in [0.25, 0.3) is 0 Å². The normalized spacial score (nSPS) is 16.8. The monoisotopic (exact) mass is 1480 g/mol. The van der Waals surface area contributed by atoms with Crippen LogP contribution in [0.1, 0.15) is 110 Å². The summed E-state index contributed by atoms with van der Waals surface area (Å²) in [5.41, 5.74) is 3.52. The second kappa shape index (κ2) is 38.6. The molecule has 0 aromatic heterocycles. The van der Waals surface area contributed by atoms with Gasteiger partial charge in [0.15, 0.2) is 5.78 Å². The summed E-state index contributed by atoms with van der Waals surface area (Å²) in [5.74, 6) is -21.5. The van der Waals surface area contributed by atoms with Crippen molar-refractivity contribution in [2.24, 2.45) is 17.1 Å². The summed E-state index contributed by atoms with van der Waals surface area (Å²) in [6.45, 7) is 9.90. The van der Waals surface area contributed by atoms with Gasteiger partial charge in [-0.05, 0) is 99.0 Å². The van der Waals surface area contributed by atoms with E-state index < -0.39 is 242 Å². The van der Waals surface area contributed by atoms with E-state index in [2.05, 4.69) is 63.8 Å². The van der Waals surface area contributed by atoms with E-state index in [1.165, 1.54) is 52.1 Å². The summed E-state index contributed by atoms with van der Waals surface area (Å²) >= 11 is 0. The van der Waals surface area contributed by atoms with E-state index in [-0.39, 0.29) is 12.2 Å². The van der Waals surface area contributed by atoms with Crippen molar-refractivity contribution in [1.29, 1.82) is 0 Å². The zero-order valence-corrected chi connectivity index (χ0v) is 59.5. The van der Waals surface area contributed by atoms with Crippen LogP contribution in [0.15, 0.2) is 97.1 Å². The quantitative estimate of drug-likeness (QED) is 0.0223. The van der Waals surface area contributed by atoms with E-state index in [0.717, 1.165) is 6.92 Å². The Bertz CT molecular complexity index is 3960. The molecule has 1 saturated carbocycles. The predicted octanol–water partition coefficient (Wildman–Crippen LogP) is -2.26. The van der Waals surface area contributed by atoms with Crippen LogP contribution in [0.4, 0.5) is 0 Å². The van der Waals surface area contributed by atoms with Gasteiger partial charge in [0.05, 0.1) is 30.8 Å². The summed E-state index contributed by atoms with van der Waals surface area (Å²) in [7, 11) is 1.44. The lowest BCUT2D eigenvalue weighted by atomic mass is 9.84. The number of primary amides is 1. The number of amides is 12. The van der Waals surface area contributed by atoms with Gasteiger partial charge in [0.1, 0.15) is 65.7 Å². The number of hydrogen-bond acceptors (Lipinski definition) is 19. The molecule has 35 nitrogen and oxygen atoms in total. The maximum Gasteiger partial charge on any atom is 0.309 e. The number of likely N-dealkylation sites (N-methyl/N-ethyl adjacent to an activating group) is 1. The van der Waals surface area contributed by atoms with Crippen LogP contribution in [0.25, 0.3) is 10.8 Å². The highest BCUT2D eigenvalue weighted by Gasteiger charge is 2.66. The van der Waals surface area contributed by atoms with Gasteiger partial charge >= 0.3 is 23.9 Å². The van der Waals surface area contributed by atoms with Crippen LogP contribution in [-0.4, -0.2) is 205 Å². The first-order valence-electron chi connectivity index (χ1n) is 33.7. The first-order chi connectivity index (χ1) is 49.7. The zero-order chi connectivity index (χ0) is 79.1. The average Bonchev–Trinajstić information content (AvgIpc) is 1.57. The molecule has 0 aliphatic heterocycles. The molecular weight excluding hydrogens is 1390 g/mol. The molecule has 12 amide bonds. The Morgan fingerprint density at radius 1 is 0.462 bits per heavy atom. The number of rotatable bonds is 41. The summed E-state index contributed by atoms with van der Waals surface area (Å²) in [6, 6.07) is 7.42. The Hall–Kier alpha value is -11.9. The third-order valence-corrected chi connectivity index (χ3v) is 17.4. The van der Waals surface area contributed by atoms with Gasteiger partial charge in [-0.1, -0.05) is 106 Å². The summed E-state index contributed by atoms with van der Waals surface area (Å²) in [5, 5.41) is 80.0. The lowest BCUT2D eigenvalue weighted by Crippen LogP contribution is -2.62. The van der Waals surface area contributed by atoms with Gasteiger partial charge in [-0.2, -0.15) is 0 Å². The first-order valence-corrected chi connectivity index (χ1v) is 33.7. The number of phenolic OH excluding ortho intramolecular Hbond substituents is 1. The molecule has 106 heavy (non-hydrogen) atoms. The number of phenols is 1. The number of hydrogen-bond donors (Lipinski definition) is 18. The van der Waals surface area contributed by atoms with E-state index >= 15 is 0 Å². The van der Waals surface area contributed by atoms with Gasteiger partial charge in [0, 0.05) is 32.1 Å². The van der Waals surface area contributed by atoms with Crippen LogP contribution in [-0.2, 0) is 101 Å². The number of aromatic hydroxyl groups is 1. The molecule has 0 heterocycles. The largest absolute Gasteiger partial charge is 0.508 e. The molecule has 1 aliphatic carbocycles. The van der Waals surface area contributed by atoms with Gasteiger partial charge < -0.3 is 95.1 Å². The summed E-state index contributed by atoms with van der Waals surface area (Å²) in [4.78, 5) is 228. The van der Waals surface area contributed by atoms with E-state index in [1.54, 1.807) is 93.6 Å². The highest BCUT2D eigenvalue weighted by Crippen LogP contribution is 2.44. The number of ketones is 1. The second-order valence-electron chi connectivity index (χ2n) is 26.9. The SMILES string of the molecule is CN[C@H](C)C(=O)N[C@@H](CC(N)=O)C(=O)N[C@@H](CCC(=O)O)C(=O)N[C@@H](Cc1cccc2ccccc12)C(=O)N[C@H](C)C(=O)N[C@H](C)C(=O)N[C@@H](CCC(=O)O)C(=O)N[C@@H](CC(=O)O)C(=O)N[C@@H](Cc1ccccc1)C(=O)N[C@@H](Cc1ccc(O)cc1)C(=O)NC1(C(=O)N[C@H](C(C)=O)C(C)(C)C)C[C@@H]1C(=O)O. The number of Topliss-reactive ketones (excluding diaryl/α,β-unsaturated/α-hetero) is 1. The van der Waals surface area contributed by atoms with Crippen LogP contribution in [0.2, 0.25) is 0 Å². The Morgan fingerprint density at radius 3 is 1.38 bits per heavy atom. The standard InChI is InChI=1S/C71H91N13O22/c1-35(73-8)58(94)78-51(32-53(72)87)65(101)77-47(26-28-55(90)91)62(98)81-50(31-42-19-14-18-41-17-12-13-20-44(41)42)63(99)75-36(2)59(95)74-37(3)60(96)76-46(25-27-54(88)89)61(97)82-52(33-56(92)93)66(102)79-48(29-39-15-10-9-11-16-39)64(100)80-49(30-40-21-23-43(86)24-22-40)67(103)84-71(34-45(71)68(104)105)69(106)83-57(38(4)85)70(5,6)7/h9-24,35-37,45-52,57,73,86H,25-34H2,1-8H3,(H2,72,87)(H,74,95)(H,75,99)(H,76,96)(H,77,101)(H,78,94)(H,79,102)(H,80,100)(H,81,98)(H,82,97)(H,83,106)(H,84,103)(H,88,89)(H,90,91)(H,92,93)(H,104,105)/t35-,36-,37-,45-,46+,47+,48+,49+,50+,51+,52+,57-,71?/m1/s1. The third kappa shape index (κ3) is 25.5. The molecule has 13 atom stereocenters. The Kier molecular flexibility index (Phi) is 30.8. The number of aliphatic carboxylic acids is 4. The molecule has 0 spiro atoms. The minimum Gasteiger partial charge on any atom is -0.508 e. The number of carbonyl (C=O) groups is 17. The van der Waals surface area contributed by atoms with Crippen LogP contribution in [0.5, 0.6) is 5.75 Å². The fourth-order valence-corrected chi connectivity index (χ4v) is 11.3. The van der Waals surface area contributed by atoms with E-state index in [4.69, 9.17) is 5.73 Å². The van der Waals surface area contributed by atoms with Gasteiger partial charge in [-0.25, -0.2) is 0 Å². The fourth-order valence-electron chi connectivity index (χ4n) is 11.3. The number of benzene rings is 4. The number of fused-ring (bicyclic) bond motifs is 1. The lowest BCUT2D eigenvalue weighted by molar-refractivity contribution is -0.143. The number of nitrogens with one attached hydrogen (secondary N) is 12. The van der Waals surface area contributed by atoms with Crippen molar-refractivity contribution in [3.63, 3.8) is 0 Å². The van der Waals surface area contributed by atoms with E-state index in [9.17, 15) is 107 Å². The maximum atomic E-state index is 14.7. The lowest BCUT2D eigenvalue weighted by Gasteiger charge is -2.32. The average molecular weight is 1480 g/mol. The Labute approximate surface area is 608 Å². The van der Waals surface area contributed by atoms with Crippen LogP contribution in [0.3, 0.4) is 0 Å². The highest BCUT2D eigenvalue weighted by molar-refractivity contribution is 6.05. The van der Waals surface area contributed by atoms with E-state index in [0.29, 0.717) is 27.5 Å². The molecule has 0 bridgehead atoms. The van der Waals surface area contributed by atoms with Gasteiger partial charge in [-0.15, -0.1) is 0 Å². The molecule has 4 aromatic rings. The molecule has 0 saturated heterocycles. The molecule has 1 unspecified atom stereocenters. The fraction of sp³-hybridized carbons (Fsp3) is 0.451. The number of nitrogens with two attached hydrogens (primary N) is 1. The van der Waals surface area contributed by atoms with Crippen LogP contribution >= 0.6 is 0 Å². The minimum absolute atomic E-state index is 0.185. The van der Waals surface area contributed by atoms with Gasteiger partial charge in [-0.3, -0.25) is 81.5 Å². The molecule has 1 fully saturated rings. The minimum atomic E-state index is -2.13. The summed E-state index contributed by atoms with van der Waals surface area (Å²) < 4.78 is 0. The molecule has 572 valence electrons. The molecule has 19 N–H and O–H groups in total. The number of carboxylic acids is 4. The molecule has 0 radical (unpaired) electrons. The van der Waals surface area contributed by atoms with Crippen molar-refractivity contribution in [2.75, 3.05) is 7.05 Å². The van der Waals surface area contributed by atoms with Crippen molar-refractivity contribution in [2.45, 2.75) is 185 Å². The first kappa shape index (κ1) is 84.7. The van der Waals surface area contributed by atoms with Gasteiger partial charge in [0.2, 0.25) is 70.9 Å². The molecular formula is C71H91N13O22. The third-order valence-electron chi connectivity index (χ3n) is 17.4. The van der Waals surface area contributed by atoms with Crippen LogP contribution < -0.4 is 69.5 Å². The van der Waals surface area contributed by atoms with Crippen molar-refractivity contribution in [3.05, 3.63) is 114 Å². The second-order valence-corrected chi connectivity index (χ2v) is 26.9. The molecule has 1 aliphatic rings. The Balaban J connectivity index is 1.37. The maximum absolute atomic E-state index is 14.7. The highest BCUT2D eigenvalue weighted by atomic mass is 16.4. The zero-order valence-electron chi connectivity index (χ0n) is 59.5. The van der Waals surface area contributed by atoms with Crippen molar-refractivity contribution >= 4 is 111 Å². The topological polar surface area (TPSA) is 562 Å². The smallest absolute Gasteiger partial charge is 0.309 e. The van der Waals surface area contributed by atoms with Crippen LogP contribution in [0, 0.1) is 11.3 Å². The predicted molar refractivity (Wildman–Crippen MR) is 375 cm³/mol. The number of carboxylic acid groups (broad SMARTS) is 4. The van der Waals surface area contributed by atoms with Crippen molar-refractivity contribution in [3.8, 4) is 5.75 Å². The van der Waals surface area contributed by atoms with Crippen molar-refractivity contribution in [1.82, 2.24) is 63.8 Å². The molecule has 4 aromatic carbocycles.